The van der Waals surface area contributed by atoms with Crippen molar-refractivity contribution in [3.05, 3.63) is 6.20 Å². The Labute approximate surface area is 123 Å². The molecule has 0 atom stereocenters. The molecule has 21 heavy (non-hydrogen) atoms. The van der Waals surface area contributed by atoms with Gasteiger partial charge in [0, 0.05) is 13.6 Å². The topological polar surface area (TPSA) is 98.8 Å². The number of rotatable bonds is 4. The maximum Gasteiger partial charge on any atom is 0.226 e. The smallest absolute Gasteiger partial charge is 0.226 e. The molecule has 0 unspecified atom stereocenters. The summed E-state index contributed by atoms with van der Waals surface area (Å²) in [6, 6.07) is 0. The molecule has 1 fully saturated rings. The first-order chi connectivity index (χ1) is 10.2. The SMILES string of the molecule is CNc1nc(NCC2(O)CCCCCC2)c2cn[nH]c2n1. The average Bonchev–Trinajstić information content (AvgIpc) is 2.86. The quantitative estimate of drug-likeness (QED) is 0.642. The van der Waals surface area contributed by atoms with Crippen LogP contribution >= 0.6 is 0 Å². The minimum atomic E-state index is -0.642. The molecule has 7 heteroatoms. The van der Waals surface area contributed by atoms with E-state index in [1.807, 2.05) is 0 Å². The largest absolute Gasteiger partial charge is 0.388 e. The third-order valence-corrected chi connectivity index (χ3v) is 4.15. The van der Waals surface area contributed by atoms with Gasteiger partial charge in [0.05, 0.1) is 17.2 Å². The zero-order valence-corrected chi connectivity index (χ0v) is 12.3. The molecule has 0 bridgehead atoms. The first kappa shape index (κ1) is 14.1. The Hall–Kier alpha value is -1.89. The van der Waals surface area contributed by atoms with Crippen molar-refractivity contribution in [3.8, 4) is 0 Å². The number of nitrogens with one attached hydrogen (secondary N) is 3. The lowest BCUT2D eigenvalue weighted by atomic mass is 9.94. The standard InChI is InChI=1S/C14H22N6O/c1-15-13-18-11(10-8-17-20-12(10)19-13)16-9-14(21)6-4-2-3-5-7-14/h8,21H,2-7,9H2,1H3,(H3,15,16,17,18,19,20). The van der Waals surface area contributed by atoms with Gasteiger partial charge in [0.25, 0.3) is 0 Å². The van der Waals surface area contributed by atoms with Gasteiger partial charge in [-0.05, 0) is 12.8 Å². The van der Waals surface area contributed by atoms with E-state index in [1.165, 1.54) is 12.8 Å². The van der Waals surface area contributed by atoms with Crippen molar-refractivity contribution in [1.29, 1.82) is 0 Å². The molecule has 2 aromatic rings. The first-order valence-corrected chi connectivity index (χ1v) is 7.55. The number of anilines is 2. The van der Waals surface area contributed by atoms with E-state index >= 15 is 0 Å². The summed E-state index contributed by atoms with van der Waals surface area (Å²) in [7, 11) is 1.78. The minimum Gasteiger partial charge on any atom is -0.388 e. The molecule has 0 spiro atoms. The molecular weight excluding hydrogens is 268 g/mol. The summed E-state index contributed by atoms with van der Waals surface area (Å²) >= 11 is 0. The van der Waals surface area contributed by atoms with Gasteiger partial charge < -0.3 is 15.7 Å². The van der Waals surface area contributed by atoms with Crippen LogP contribution in [-0.4, -0.2) is 44.5 Å². The van der Waals surface area contributed by atoms with Crippen LogP contribution in [-0.2, 0) is 0 Å². The van der Waals surface area contributed by atoms with E-state index in [0.717, 1.165) is 31.1 Å². The molecule has 1 aliphatic rings. The number of aliphatic hydroxyl groups is 1. The summed E-state index contributed by atoms with van der Waals surface area (Å²) in [5, 5.41) is 24.6. The monoisotopic (exact) mass is 290 g/mol. The van der Waals surface area contributed by atoms with Crippen molar-refractivity contribution in [1.82, 2.24) is 20.2 Å². The van der Waals surface area contributed by atoms with E-state index in [-0.39, 0.29) is 0 Å². The Morgan fingerprint density at radius 2 is 2.00 bits per heavy atom. The van der Waals surface area contributed by atoms with Crippen molar-refractivity contribution in [3.63, 3.8) is 0 Å². The lowest BCUT2D eigenvalue weighted by Gasteiger charge is -2.27. The summed E-state index contributed by atoms with van der Waals surface area (Å²) in [5.74, 6) is 1.23. The van der Waals surface area contributed by atoms with E-state index in [4.69, 9.17) is 0 Å². The van der Waals surface area contributed by atoms with Gasteiger partial charge in [-0.25, -0.2) is 0 Å². The molecule has 114 valence electrons. The molecule has 7 nitrogen and oxygen atoms in total. The Balaban J connectivity index is 1.79. The molecule has 0 aromatic carbocycles. The van der Waals surface area contributed by atoms with E-state index in [1.54, 1.807) is 13.2 Å². The second kappa shape index (κ2) is 5.85. The van der Waals surface area contributed by atoms with Crippen LogP contribution < -0.4 is 10.6 Å². The van der Waals surface area contributed by atoms with Crippen LogP contribution in [0.5, 0.6) is 0 Å². The van der Waals surface area contributed by atoms with Gasteiger partial charge in [-0.15, -0.1) is 0 Å². The minimum absolute atomic E-state index is 0.507. The van der Waals surface area contributed by atoms with E-state index in [2.05, 4.69) is 30.8 Å². The van der Waals surface area contributed by atoms with E-state index in [0.29, 0.717) is 24.0 Å². The third-order valence-electron chi connectivity index (χ3n) is 4.15. The van der Waals surface area contributed by atoms with E-state index < -0.39 is 5.60 Å². The van der Waals surface area contributed by atoms with Crippen LogP contribution in [0.4, 0.5) is 11.8 Å². The van der Waals surface area contributed by atoms with Crippen molar-refractivity contribution in [2.75, 3.05) is 24.2 Å². The van der Waals surface area contributed by atoms with Gasteiger partial charge in [-0.1, -0.05) is 25.7 Å². The molecule has 2 aromatic heterocycles. The predicted molar refractivity (Wildman–Crippen MR) is 82.4 cm³/mol. The maximum atomic E-state index is 10.7. The Kier molecular flexibility index (Phi) is 3.92. The highest BCUT2D eigenvalue weighted by Crippen LogP contribution is 2.28. The summed E-state index contributed by atoms with van der Waals surface area (Å²) in [5.41, 5.74) is 0.0434. The number of H-pyrrole nitrogens is 1. The second-order valence-corrected chi connectivity index (χ2v) is 5.77. The summed E-state index contributed by atoms with van der Waals surface area (Å²) in [6.07, 6.45) is 8.00. The van der Waals surface area contributed by atoms with Crippen molar-refractivity contribution in [2.45, 2.75) is 44.1 Å². The van der Waals surface area contributed by atoms with Crippen molar-refractivity contribution < 1.29 is 5.11 Å². The zero-order valence-electron chi connectivity index (χ0n) is 12.3. The first-order valence-electron chi connectivity index (χ1n) is 7.55. The van der Waals surface area contributed by atoms with Gasteiger partial charge in [-0.2, -0.15) is 15.1 Å². The van der Waals surface area contributed by atoms with Crippen LogP contribution in [0.2, 0.25) is 0 Å². The highest BCUT2D eigenvalue weighted by atomic mass is 16.3. The second-order valence-electron chi connectivity index (χ2n) is 5.77. The van der Waals surface area contributed by atoms with Crippen LogP contribution in [0.3, 0.4) is 0 Å². The van der Waals surface area contributed by atoms with Gasteiger partial charge in [0.2, 0.25) is 5.95 Å². The Morgan fingerprint density at radius 1 is 1.24 bits per heavy atom. The molecule has 3 rings (SSSR count). The maximum absolute atomic E-state index is 10.7. The van der Waals surface area contributed by atoms with Gasteiger partial charge in [0.15, 0.2) is 5.65 Å². The lowest BCUT2D eigenvalue weighted by molar-refractivity contribution is 0.0381. The molecule has 0 aliphatic heterocycles. The number of aromatic amines is 1. The summed E-state index contributed by atoms with van der Waals surface area (Å²) < 4.78 is 0. The number of hydrogen-bond acceptors (Lipinski definition) is 6. The number of fused-ring (bicyclic) bond motifs is 1. The van der Waals surface area contributed by atoms with E-state index in [9.17, 15) is 5.11 Å². The molecular formula is C14H22N6O. The van der Waals surface area contributed by atoms with Crippen molar-refractivity contribution in [2.24, 2.45) is 0 Å². The number of aromatic nitrogens is 4. The van der Waals surface area contributed by atoms with Crippen molar-refractivity contribution >= 4 is 22.8 Å². The fraction of sp³-hybridized carbons (Fsp3) is 0.643. The summed E-state index contributed by atoms with van der Waals surface area (Å²) in [4.78, 5) is 8.72. The van der Waals surface area contributed by atoms with Gasteiger partial charge in [0.1, 0.15) is 5.82 Å². The Bertz CT molecular complexity index is 603. The van der Waals surface area contributed by atoms with Crippen LogP contribution in [0.25, 0.3) is 11.0 Å². The predicted octanol–water partition coefficient (Wildman–Crippen LogP) is 1.89. The number of hydrogen-bond donors (Lipinski definition) is 4. The molecule has 1 saturated carbocycles. The highest BCUT2D eigenvalue weighted by Gasteiger charge is 2.28. The average molecular weight is 290 g/mol. The highest BCUT2D eigenvalue weighted by molar-refractivity contribution is 5.86. The normalized spacial score (nSPS) is 18.4. The third kappa shape index (κ3) is 3.07. The van der Waals surface area contributed by atoms with Gasteiger partial charge >= 0.3 is 0 Å². The zero-order chi connectivity index (χ0) is 14.7. The van der Waals surface area contributed by atoms with Crippen LogP contribution in [0.1, 0.15) is 38.5 Å². The Morgan fingerprint density at radius 3 is 2.71 bits per heavy atom. The lowest BCUT2D eigenvalue weighted by Crippen LogP contribution is -2.36. The molecule has 4 N–H and O–H groups in total. The van der Waals surface area contributed by atoms with Crippen LogP contribution in [0, 0.1) is 0 Å². The fourth-order valence-electron chi connectivity index (χ4n) is 2.89. The molecule has 1 aliphatic carbocycles. The van der Waals surface area contributed by atoms with Gasteiger partial charge in [-0.3, -0.25) is 5.10 Å². The van der Waals surface area contributed by atoms with Crippen LogP contribution in [0.15, 0.2) is 6.20 Å². The summed E-state index contributed by atoms with van der Waals surface area (Å²) in [6.45, 7) is 0.507. The molecule has 0 amide bonds. The molecule has 0 saturated heterocycles. The fourth-order valence-corrected chi connectivity index (χ4v) is 2.89. The molecule has 2 heterocycles. The number of nitrogens with zero attached hydrogens (tertiary/aromatic N) is 3. The molecule has 0 radical (unpaired) electrons.